The van der Waals surface area contributed by atoms with Crippen LogP contribution < -0.4 is 10.6 Å². The van der Waals surface area contributed by atoms with Gasteiger partial charge in [-0.3, -0.25) is 9.59 Å². The maximum Gasteiger partial charge on any atom is 0.242 e. The van der Waals surface area contributed by atoms with Crippen LogP contribution in [0.15, 0.2) is 108 Å². The van der Waals surface area contributed by atoms with Gasteiger partial charge in [0.25, 0.3) is 0 Å². The number of carbonyl (C=O) groups is 2. The first kappa shape index (κ1) is 24.6. The maximum atomic E-state index is 13.4. The minimum Gasteiger partial charge on any atom is -0.326 e. The van der Waals surface area contributed by atoms with Crippen LogP contribution in [0.25, 0.3) is 0 Å². The van der Waals surface area contributed by atoms with Crippen LogP contribution in [0.2, 0.25) is 5.02 Å². The van der Waals surface area contributed by atoms with E-state index in [1.54, 1.807) is 6.07 Å². The molecule has 4 rings (SSSR count). The van der Waals surface area contributed by atoms with Gasteiger partial charge in [0, 0.05) is 21.3 Å². The number of rotatable bonds is 8. The minimum absolute atomic E-state index is 0.0906. The van der Waals surface area contributed by atoms with E-state index >= 15 is 0 Å². The predicted octanol–water partition coefficient (Wildman–Crippen LogP) is 7.30. The molecule has 1 atom stereocenters. The average molecular weight is 501 g/mol. The van der Waals surface area contributed by atoms with Crippen molar-refractivity contribution in [3.8, 4) is 0 Å². The van der Waals surface area contributed by atoms with E-state index in [1.807, 2.05) is 104 Å². The summed E-state index contributed by atoms with van der Waals surface area (Å²) in [5.74, 6) is -0.239. The second kappa shape index (κ2) is 11.7. The number of nitrogens with one attached hydrogen (secondary N) is 2. The lowest BCUT2D eigenvalue weighted by Gasteiger charge is -2.19. The summed E-state index contributed by atoms with van der Waals surface area (Å²) in [6.45, 7) is 1.88. The molecule has 0 aliphatic heterocycles. The first-order valence-corrected chi connectivity index (χ1v) is 12.5. The molecule has 6 heteroatoms. The Bertz CT molecular complexity index is 1310. The summed E-state index contributed by atoms with van der Waals surface area (Å²) in [6, 6.07) is 32.3. The standard InChI is InChI=1S/C29H25ClN2O2S/c1-20-25(30)16-9-17-26(20)32-29(34)28(22-12-6-3-7-13-22)35-24-15-8-14-23(19-24)31-27(33)18-21-10-4-2-5-11-21/h2-17,19,28H,18H2,1H3,(H,31,33)(H,32,34). The number of benzene rings is 4. The van der Waals surface area contributed by atoms with E-state index in [2.05, 4.69) is 10.6 Å². The van der Waals surface area contributed by atoms with Crippen LogP contribution in [-0.2, 0) is 16.0 Å². The smallest absolute Gasteiger partial charge is 0.242 e. The molecule has 0 aliphatic carbocycles. The number of thioether (sulfide) groups is 1. The fourth-order valence-corrected chi connectivity index (χ4v) is 4.87. The second-order valence-corrected chi connectivity index (χ2v) is 9.63. The van der Waals surface area contributed by atoms with Gasteiger partial charge in [-0.2, -0.15) is 0 Å². The van der Waals surface area contributed by atoms with Crippen LogP contribution in [0.4, 0.5) is 11.4 Å². The Kier molecular flexibility index (Phi) is 8.24. The zero-order valence-corrected chi connectivity index (χ0v) is 20.8. The quantitative estimate of drug-likeness (QED) is 0.249. The second-order valence-electron chi connectivity index (χ2n) is 8.05. The topological polar surface area (TPSA) is 58.2 Å². The van der Waals surface area contributed by atoms with E-state index in [0.29, 0.717) is 22.8 Å². The van der Waals surface area contributed by atoms with Gasteiger partial charge in [0.1, 0.15) is 5.25 Å². The zero-order chi connectivity index (χ0) is 24.6. The molecular weight excluding hydrogens is 476 g/mol. The van der Waals surface area contributed by atoms with Gasteiger partial charge in [-0.15, -0.1) is 11.8 Å². The number of carbonyl (C=O) groups excluding carboxylic acids is 2. The van der Waals surface area contributed by atoms with Gasteiger partial charge < -0.3 is 10.6 Å². The van der Waals surface area contributed by atoms with E-state index in [9.17, 15) is 9.59 Å². The summed E-state index contributed by atoms with van der Waals surface area (Å²) >= 11 is 7.67. The summed E-state index contributed by atoms with van der Waals surface area (Å²) in [4.78, 5) is 26.8. The van der Waals surface area contributed by atoms with Crippen LogP contribution in [-0.4, -0.2) is 11.8 Å². The molecule has 0 aromatic heterocycles. The summed E-state index contributed by atoms with van der Waals surface area (Å²) in [7, 11) is 0. The molecule has 0 saturated heterocycles. The van der Waals surface area contributed by atoms with Crippen molar-refractivity contribution in [2.75, 3.05) is 10.6 Å². The lowest BCUT2D eigenvalue weighted by atomic mass is 10.1. The van der Waals surface area contributed by atoms with Crippen molar-refractivity contribution in [3.05, 3.63) is 125 Å². The van der Waals surface area contributed by atoms with Gasteiger partial charge in [-0.05, 0) is 53.9 Å². The molecule has 0 aliphatic rings. The number of amides is 2. The molecule has 0 fully saturated rings. The van der Waals surface area contributed by atoms with Crippen molar-refractivity contribution in [2.45, 2.75) is 23.5 Å². The predicted molar refractivity (Wildman–Crippen MR) is 145 cm³/mol. The molecule has 2 amide bonds. The van der Waals surface area contributed by atoms with Crippen LogP contribution in [0, 0.1) is 6.92 Å². The van der Waals surface area contributed by atoms with Crippen LogP contribution in [0.5, 0.6) is 0 Å². The molecule has 176 valence electrons. The van der Waals surface area contributed by atoms with Gasteiger partial charge in [0.15, 0.2) is 0 Å². The lowest BCUT2D eigenvalue weighted by Crippen LogP contribution is -2.19. The molecule has 0 heterocycles. The highest BCUT2D eigenvalue weighted by atomic mass is 35.5. The van der Waals surface area contributed by atoms with Crippen molar-refractivity contribution >= 4 is 46.6 Å². The van der Waals surface area contributed by atoms with Crippen LogP contribution in [0.3, 0.4) is 0 Å². The van der Waals surface area contributed by atoms with Crippen LogP contribution >= 0.6 is 23.4 Å². The third-order valence-corrected chi connectivity index (χ3v) is 7.10. The summed E-state index contributed by atoms with van der Waals surface area (Å²) in [6.07, 6.45) is 0.298. The fraction of sp³-hybridized carbons (Fsp3) is 0.103. The molecule has 2 N–H and O–H groups in total. The normalized spacial score (nSPS) is 11.5. The number of anilines is 2. The summed E-state index contributed by atoms with van der Waals surface area (Å²) in [5, 5.41) is 6.10. The fourth-order valence-electron chi connectivity index (χ4n) is 3.61. The Labute approximate surface area is 214 Å². The maximum absolute atomic E-state index is 13.4. The highest BCUT2D eigenvalue weighted by molar-refractivity contribution is 8.00. The Hall–Kier alpha value is -3.54. The minimum atomic E-state index is -0.496. The van der Waals surface area contributed by atoms with E-state index in [1.165, 1.54) is 11.8 Å². The summed E-state index contributed by atoms with van der Waals surface area (Å²) in [5.41, 5.74) is 4.03. The van der Waals surface area contributed by atoms with Gasteiger partial charge in [0.2, 0.25) is 11.8 Å². The van der Waals surface area contributed by atoms with Crippen molar-refractivity contribution in [3.63, 3.8) is 0 Å². The van der Waals surface area contributed by atoms with Crippen LogP contribution in [0.1, 0.15) is 21.9 Å². The molecule has 1 unspecified atom stereocenters. The summed E-state index contributed by atoms with van der Waals surface area (Å²) < 4.78 is 0. The van der Waals surface area contributed by atoms with Crippen molar-refractivity contribution in [2.24, 2.45) is 0 Å². The first-order chi connectivity index (χ1) is 17.0. The molecule has 0 spiro atoms. The SMILES string of the molecule is Cc1c(Cl)cccc1NC(=O)C(Sc1cccc(NC(=O)Cc2ccccc2)c1)c1ccccc1. The number of halogens is 1. The van der Waals surface area contributed by atoms with E-state index in [0.717, 1.165) is 21.6 Å². The molecule has 4 nitrogen and oxygen atoms in total. The van der Waals surface area contributed by atoms with Gasteiger partial charge >= 0.3 is 0 Å². The zero-order valence-electron chi connectivity index (χ0n) is 19.2. The largest absolute Gasteiger partial charge is 0.326 e. The third-order valence-electron chi connectivity index (χ3n) is 5.45. The first-order valence-electron chi connectivity index (χ1n) is 11.2. The van der Waals surface area contributed by atoms with Crippen molar-refractivity contribution in [1.82, 2.24) is 0 Å². The average Bonchev–Trinajstić information content (AvgIpc) is 2.86. The van der Waals surface area contributed by atoms with E-state index < -0.39 is 5.25 Å². The molecule has 4 aromatic carbocycles. The third kappa shape index (κ3) is 6.75. The number of hydrogen-bond acceptors (Lipinski definition) is 3. The monoisotopic (exact) mass is 500 g/mol. The Morgan fingerprint density at radius 1 is 0.829 bits per heavy atom. The number of hydrogen-bond donors (Lipinski definition) is 2. The van der Waals surface area contributed by atoms with Crippen molar-refractivity contribution in [1.29, 1.82) is 0 Å². The molecule has 4 aromatic rings. The molecule has 0 radical (unpaired) electrons. The lowest BCUT2D eigenvalue weighted by molar-refractivity contribution is -0.116. The molecule has 35 heavy (non-hydrogen) atoms. The molecule has 0 saturated carbocycles. The Morgan fingerprint density at radius 2 is 1.51 bits per heavy atom. The van der Waals surface area contributed by atoms with E-state index in [-0.39, 0.29) is 11.8 Å². The molecular formula is C29H25ClN2O2S. The highest BCUT2D eigenvalue weighted by Gasteiger charge is 2.23. The van der Waals surface area contributed by atoms with Gasteiger partial charge in [0.05, 0.1) is 6.42 Å². The van der Waals surface area contributed by atoms with Crippen molar-refractivity contribution < 1.29 is 9.59 Å². The highest BCUT2D eigenvalue weighted by Crippen LogP contribution is 2.37. The van der Waals surface area contributed by atoms with Gasteiger partial charge in [-0.1, -0.05) is 84.4 Å². The molecule has 0 bridgehead atoms. The van der Waals surface area contributed by atoms with E-state index in [4.69, 9.17) is 11.6 Å². The Morgan fingerprint density at radius 3 is 2.26 bits per heavy atom. The van der Waals surface area contributed by atoms with Gasteiger partial charge in [-0.25, -0.2) is 0 Å². The Balaban J connectivity index is 1.52.